The molecule has 1 aromatic rings. The summed E-state index contributed by atoms with van der Waals surface area (Å²) < 4.78 is 27.9. The van der Waals surface area contributed by atoms with Crippen molar-refractivity contribution in [3.8, 4) is 0 Å². The minimum atomic E-state index is -2.97. The number of hydrogen-bond acceptors (Lipinski definition) is 6. The van der Waals surface area contributed by atoms with Gasteiger partial charge in [-0.25, -0.2) is 8.42 Å². The summed E-state index contributed by atoms with van der Waals surface area (Å²) in [6.07, 6.45) is -0.413. The van der Waals surface area contributed by atoms with Gasteiger partial charge in [-0.3, -0.25) is 9.59 Å². The van der Waals surface area contributed by atoms with Crippen molar-refractivity contribution in [2.75, 3.05) is 22.6 Å². The van der Waals surface area contributed by atoms with Gasteiger partial charge in [-0.05, 0) is 38.0 Å². The van der Waals surface area contributed by atoms with E-state index in [1.54, 1.807) is 25.1 Å². The Hall–Kier alpha value is -1.25. The Morgan fingerprint density at radius 3 is 2.80 bits per heavy atom. The molecule has 138 valence electrons. The smallest absolute Gasteiger partial charge is 0.316 e. The van der Waals surface area contributed by atoms with Gasteiger partial charge in [-0.15, -0.1) is 11.8 Å². The Labute approximate surface area is 156 Å². The Morgan fingerprint density at radius 2 is 2.16 bits per heavy atom. The van der Waals surface area contributed by atoms with Gasteiger partial charge in [0, 0.05) is 16.0 Å². The van der Waals surface area contributed by atoms with E-state index in [0.717, 1.165) is 5.56 Å². The first kappa shape index (κ1) is 20.1. The van der Waals surface area contributed by atoms with Crippen LogP contribution in [0.15, 0.2) is 18.2 Å². The molecule has 0 spiro atoms. The van der Waals surface area contributed by atoms with Crippen LogP contribution in [0.5, 0.6) is 0 Å². The highest BCUT2D eigenvalue weighted by molar-refractivity contribution is 8.02. The molecule has 0 bridgehead atoms. The third-order valence-corrected chi connectivity index (χ3v) is 7.50. The fourth-order valence-electron chi connectivity index (χ4n) is 2.34. The van der Waals surface area contributed by atoms with Crippen molar-refractivity contribution in [3.05, 3.63) is 28.8 Å². The molecule has 2 atom stereocenters. The van der Waals surface area contributed by atoms with Crippen molar-refractivity contribution < 1.29 is 22.7 Å². The molecule has 1 N–H and O–H groups in total. The highest BCUT2D eigenvalue weighted by Gasteiger charge is 2.29. The first-order valence-electron chi connectivity index (χ1n) is 7.75. The van der Waals surface area contributed by atoms with Crippen LogP contribution in [0.25, 0.3) is 0 Å². The Morgan fingerprint density at radius 1 is 1.44 bits per heavy atom. The van der Waals surface area contributed by atoms with Crippen LogP contribution in [0.1, 0.15) is 18.9 Å². The SMILES string of the molecule is Cc1c(Cl)cccc1NC(=O)[C@H](C)OC(=O)CS[C@@H]1CCS(=O)(=O)C1. The minimum Gasteiger partial charge on any atom is -0.452 e. The van der Waals surface area contributed by atoms with Gasteiger partial charge in [-0.1, -0.05) is 17.7 Å². The number of carbonyl (C=O) groups excluding carboxylic acids is 2. The molecule has 0 saturated carbocycles. The van der Waals surface area contributed by atoms with Crippen molar-refractivity contribution in [2.24, 2.45) is 0 Å². The summed E-state index contributed by atoms with van der Waals surface area (Å²) in [6, 6.07) is 5.15. The first-order valence-corrected chi connectivity index (χ1v) is 11.0. The van der Waals surface area contributed by atoms with E-state index in [1.807, 2.05) is 0 Å². The van der Waals surface area contributed by atoms with Crippen molar-refractivity contribution in [3.63, 3.8) is 0 Å². The molecule has 0 radical (unpaired) electrons. The number of halogens is 1. The third-order valence-electron chi connectivity index (χ3n) is 3.83. The van der Waals surface area contributed by atoms with Gasteiger partial charge in [0.15, 0.2) is 15.9 Å². The number of esters is 1. The fourth-order valence-corrected chi connectivity index (χ4v) is 5.94. The van der Waals surface area contributed by atoms with Crippen LogP contribution < -0.4 is 5.32 Å². The number of nitrogens with one attached hydrogen (secondary N) is 1. The van der Waals surface area contributed by atoms with Gasteiger partial charge < -0.3 is 10.1 Å². The molecule has 1 fully saturated rings. The molecular formula is C16H20ClNO5S2. The topological polar surface area (TPSA) is 89.5 Å². The highest BCUT2D eigenvalue weighted by Crippen LogP contribution is 2.25. The Bertz CT molecular complexity index is 766. The first-order chi connectivity index (χ1) is 11.7. The minimum absolute atomic E-state index is 0.0218. The second-order valence-electron chi connectivity index (χ2n) is 5.87. The van der Waals surface area contributed by atoms with E-state index >= 15 is 0 Å². The number of ether oxygens (including phenoxy) is 1. The van der Waals surface area contributed by atoms with Crippen LogP contribution in [0, 0.1) is 6.92 Å². The molecule has 1 aliphatic rings. The normalized spacial score (nSPS) is 20.0. The van der Waals surface area contributed by atoms with Crippen LogP contribution in [-0.2, 0) is 24.2 Å². The van der Waals surface area contributed by atoms with Crippen LogP contribution in [0.3, 0.4) is 0 Å². The molecule has 25 heavy (non-hydrogen) atoms. The van der Waals surface area contributed by atoms with Crippen LogP contribution in [0.4, 0.5) is 5.69 Å². The number of amides is 1. The molecular weight excluding hydrogens is 386 g/mol. The second kappa shape index (κ2) is 8.42. The maximum absolute atomic E-state index is 12.1. The second-order valence-corrected chi connectivity index (χ2v) is 9.79. The largest absolute Gasteiger partial charge is 0.452 e. The highest BCUT2D eigenvalue weighted by atomic mass is 35.5. The molecule has 9 heteroatoms. The zero-order valence-corrected chi connectivity index (χ0v) is 16.3. The van der Waals surface area contributed by atoms with Crippen molar-refractivity contribution >= 4 is 50.8 Å². The van der Waals surface area contributed by atoms with E-state index in [1.165, 1.54) is 18.7 Å². The van der Waals surface area contributed by atoms with Gasteiger partial charge in [0.1, 0.15) is 0 Å². The fraction of sp³-hybridized carbons (Fsp3) is 0.500. The van der Waals surface area contributed by atoms with Gasteiger partial charge in [0.2, 0.25) is 0 Å². The van der Waals surface area contributed by atoms with Crippen LogP contribution in [0.2, 0.25) is 5.02 Å². The number of hydrogen-bond donors (Lipinski definition) is 1. The molecule has 1 heterocycles. The van der Waals surface area contributed by atoms with E-state index in [0.29, 0.717) is 17.1 Å². The zero-order valence-electron chi connectivity index (χ0n) is 14.0. The molecule has 1 amide bonds. The zero-order chi connectivity index (χ0) is 18.6. The van der Waals surface area contributed by atoms with Crippen molar-refractivity contribution in [1.29, 1.82) is 0 Å². The molecule has 0 aliphatic carbocycles. The van der Waals surface area contributed by atoms with Gasteiger partial charge in [-0.2, -0.15) is 0 Å². The summed E-state index contributed by atoms with van der Waals surface area (Å²) in [6.45, 7) is 3.26. The van der Waals surface area contributed by atoms with E-state index < -0.39 is 27.8 Å². The molecule has 0 unspecified atom stereocenters. The lowest BCUT2D eigenvalue weighted by Gasteiger charge is -2.15. The maximum atomic E-state index is 12.1. The van der Waals surface area contributed by atoms with E-state index in [-0.39, 0.29) is 22.5 Å². The summed E-state index contributed by atoms with van der Waals surface area (Å²) in [5, 5.41) is 3.12. The van der Waals surface area contributed by atoms with Gasteiger partial charge >= 0.3 is 5.97 Å². The number of benzene rings is 1. The summed E-state index contributed by atoms with van der Waals surface area (Å²) in [4.78, 5) is 24.0. The summed E-state index contributed by atoms with van der Waals surface area (Å²) in [7, 11) is -2.97. The molecule has 1 saturated heterocycles. The van der Waals surface area contributed by atoms with E-state index in [4.69, 9.17) is 16.3 Å². The average molecular weight is 406 g/mol. The lowest BCUT2D eigenvalue weighted by molar-refractivity contribution is -0.150. The predicted octanol–water partition coefficient (Wildman–Crippen LogP) is 2.44. The van der Waals surface area contributed by atoms with Crippen LogP contribution in [-0.4, -0.2) is 48.9 Å². The number of carbonyl (C=O) groups is 2. The maximum Gasteiger partial charge on any atom is 0.316 e. The quantitative estimate of drug-likeness (QED) is 0.731. The number of thioether (sulfide) groups is 1. The molecule has 1 aromatic carbocycles. The number of rotatable bonds is 6. The summed E-state index contributed by atoms with van der Waals surface area (Å²) >= 11 is 7.26. The number of anilines is 1. The van der Waals surface area contributed by atoms with E-state index in [2.05, 4.69) is 5.32 Å². The van der Waals surface area contributed by atoms with E-state index in [9.17, 15) is 18.0 Å². The Kier molecular flexibility index (Phi) is 6.76. The Balaban J connectivity index is 1.80. The van der Waals surface area contributed by atoms with Crippen LogP contribution >= 0.6 is 23.4 Å². The monoisotopic (exact) mass is 405 g/mol. The molecule has 0 aromatic heterocycles. The predicted molar refractivity (Wildman–Crippen MR) is 99.9 cm³/mol. The van der Waals surface area contributed by atoms with Crippen molar-refractivity contribution in [2.45, 2.75) is 31.6 Å². The molecule has 2 rings (SSSR count). The lowest BCUT2D eigenvalue weighted by atomic mass is 10.2. The third kappa shape index (κ3) is 5.90. The lowest BCUT2D eigenvalue weighted by Crippen LogP contribution is -2.31. The number of sulfone groups is 1. The summed E-state index contributed by atoms with van der Waals surface area (Å²) in [5.41, 5.74) is 1.29. The average Bonchev–Trinajstić information content (AvgIpc) is 2.89. The molecule has 6 nitrogen and oxygen atoms in total. The van der Waals surface area contributed by atoms with Gasteiger partial charge in [0.25, 0.3) is 5.91 Å². The summed E-state index contributed by atoms with van der Waals surface area (Å²) in [5.74, 6) is -0.715. The standard InChI is InChI=1S/C16H20ClNO5S2/c1-10-13(17)4-3-5-14(10)18-16(20)11(2)23-15(19)8-24-12-6-7-25(21,22)9-12/h3-5,11-12H,6-9H2,1-2H3,(H,18,20)/t11-,12+/m0/s1. The van der Waals surface area contributed by atoms with Crippen molar-refractivity contribution in [1.82, 2.24) is 0 Å². The van der Waals surface area contributed by atoms with Gasteiger partial charge in [0.05, 0.1) is 17.3 Å². The molecule has 1 aliphatic heterocycles.